The third-order valence-electron chi connectivity index (χ3n) is 5.45. The number of methoxy groups -OCH3 is 1. The monoisotopic (exact) mass is 515 g/mol. The zero-order chi connectivity index (χ0) is 26.0. The Morgan fingerprint density at radius 1 is 1.28 bits per heavy atom. The maximum atomic E-state index is 14.5. The van der Waals surface area contributed by atoms with Crippen LogP contribution in [0.5, 0.6) is 5.88 Å². The van der Waals surface area contributed by atoms with E-state index in [4.69, 9.17) is 9.47 Å². The van der Waals surface area contributed by atoms with Crippen LogP contribution in [0.2, 0.25) is 0 Å². The number of imidazole rings is 1. The Morgan fingerprint density at radius 2 is 2.06 bits per heavy atom. The molecule has 0 bridgehead atoms. The Balaban J connectivity index is 1.48. The van der Waals surface area contributed by atoms with Gasteiger partial charge in [-0.1, -0.05) is 0 Å². The number of H-pyrrole nitrogens is 1. The van der Waals surface area contributed by atoms with Gasteiger partial charge in [0.15, 0.2) is 5.82 Å². The van der Waals surface area contributed by atoms with Crippen molar-refractivity contribution in [2.45, 2.75) is 63.9 Å². The molecule has 3 aromatic rings. The second-order valence-electron chi connectivity index (χ2n) is 8.58. The molecule has 1 aliphatic carbocycles. The topological polar surface area (TPSA) is 128 Å². The number of ether oxygens (including phenoxy) is 3. The van der Waals surface area contributed by atoms with Gasteiger partial charge in [0, 0.05) is 36.0 Å². The van der Waals surface area contributed by atoms with Crippen LogP contribution < -0.4 is 15.4 Å². The Bertz CT molecular complexity index is 1210. The summed E-state index contributed by atoms with van der Waals surface area (Å²) in [6, 6.07) is 2.98. The van der Waals surface area contributed by atoms with Gasteiger partial charge in [-0.15, -0.1) is 13.2 Å². The third-order valence-corrected chi connectivity index (χ3v) is 5.45. The number of anilines is 2. The van der Waals surface area contributed by atoms with Crippen LogP contribution in [-0.2, 0) is 16.1 Å². The molecule has 1 saturated carbocycles. The number of fused-ring (bicyclic) bond motifs is 1. The minimum Gasteiger partial charge on any atom is -0.481 e. The van der Waals surface area contributed by atoms with Crippen molar-refractivity contribution in [3.05, 3.63) is 29.7 Å². The number of alkyl carbamates (subject to hydrolysis) is 1. The Hall–Kier alpha value is -3.62. The molecule has 3 aromatic heterocycles. The number of amides is 1. The average molecular weight is 515 g/mol. The van der Waals surface area contributed by atoms with E-state index in [-0.39, 0.29) is 48.0 Å². The summed E-state index contributed by atoms with van der Waals surface area (Å²) in [7, 11) is 1.39. The Kier molecular flexibility index (Phi) is 7.19. The molecule has 1 fully saturated rings. The molecule has 1 aliphatic rings. The number of aromatic amines is 1. The van der Waals surface area contributed by atoms with Crippen molar-refractivity contribution < 1.29 is 36.6 Å². The third kappa shape index (κ3) is 6.13. The second kappa shape index (κ2) is 10.2. The molecule has 3 N–H and O–H groups in total. The summed E-state index contributed by atoms with van der Waals surface area (Å²) in [6.45, 7) is 2.78. The van der Waals surface area contributed by atoms with Gasteiger partial charge in [-0.2, -0.15) is 10.1 Å². The molecular formula is C21H25F4N7O4. The summed E-state index contributed by atoms with van der Waals surface area (Å²) in [5.41, 5.74) is 0.928. The second-order valence-corrected chi connectivity index (χ2v) is 8.58. The van der Waals surface area contributed by atoms with Crippen molar-refractivity contribution in [1.82, 2.24) is 29.9 Å². The molecule has 196 valence electrons. The van der Waals surface area contributed by atoms with E-state index in [1.165, 1.54) is 23.8 Å². The zero-order valence-corrected chi connectivity index (χ0v) is 19.6. The van der Waals surface area contributed by atoms with Gasteiger partial charge in [0.05, 0.1) is 19.4 Å². The molecule has 11 nitrogen and oxygen atoms in total. The number of halogens is 4. The van der Waals surface area contributed by atoms with Crippen LogP contribution in [0.25, 0.3) is 5.65 Å². The van der Waals surface area contributed by atoms with E-state index < -0.39 is 31.3 Å². The van der Waals surface area contributed by atoms with E-state index >= 15 is 0 Å². The number of hydrogen-bond donors (Lipinski definition) is 3. The zero-order valence-electron chi connectivity index (χ0n) is 19.6. The van der Waals surface area contributed by atoms with Crippen molar-refractivity contribution >= 4 is 23.5 Å². The number of carbonyl (C=O) groups is 1. The van der Waals surface area contributed by atoms with Crippen LogP contribution in [0, 0.1) is 0 Å². The quantitative estimate of drug-likeness (QED) is 0.385. The van der Waals surface area contributed by atoms with E-state index in [0.29, 0.717) is 11.5 Å². The molecule has 15 heteroatoms. The van der Waals surface area contributed by atoms with E-state index in [2.05, 4.69) is 35.5 Å². The van der Waals surface area contributed by atoms with Gasteiger partial charge in [-0.25, -0.2) is 14.2 Å². The highest BCUT2D eigenvalue weighted by atomic mass is 19.4. The molecule has 0 spiro atoms. The first-order valence-corrected chi connectivity index (χ1v) is 11.1. The average Bonchev–Trinajstić information content (AvgIpc) is 3.50. The van der Waals surface area contributed by atoms with Gasteiger partial charge in [-0.3, -0.25) is 14.2 Å². The predicted molar refractivity (Wildman–Crippen MR) is 118 cm³/mol. The van der Waals surface area contributed by atoms with Crippen molar-refractivity contribution in [2.75, 3.05) is 12.4 Å². The predicted octanol–water partition coefficient (Wildman–Crippen LogP) is 3.96. The van der Waals surface area contributed by atoms with Gasteiger partial charge >= 0.3 is 12.5 Å². The van der Waals surface area contributed by atoms with Crippen LogP contribution in [0.15, 0.2) is 18.3 Å². The van der Waals surface area contributed by atoms with Crippen LogP contribution >= 0.6 is 0 Å². The number of nitrogens with one attached hydrogen (secondary N) is 3. The summed E-state index contributed by atoms with van der Waals surface area (Å²) in [5.74, 6) is 0.406. The minimum absolute atomic E-state index is 0.0284. The van der Waals surface area contributed by atoms with Gasteiger partial charge in [-0.05, 0) is 26.7 Å². The van der Waals surface area contributed by atoms with Crippen molar-refractivity contribution in [1.29, 1.82) is 0 Å². The van der Waals surface area contributed by atoms with Crippen molar-refractivity contribution in [3.8, 4) is 5.88 Å². The number of rotatable bonds is 8. The normalized spacial score (nSPS) is 20.2. The molecular weight excluding hydrogens is 490 g/mol. The lowest BCUT2D eigenvalue weighted by Crippen LogP contribution is -2.35. The van der Waals surface area contributed by atoms with E-state index in [9.17, 15) is 22.4 Å². The summed E-state index contributed by atoms with van der Waals surface area (Å²) < 4.78 is 67.4. The lowest BCUT2D eigenvalue weighted by Gasteiger charge is -2.16. The smallest absolute Gasteiger partial charge is 0.481 e. The van der Waals surface area contributed by atoms with Crippen LogP contribution in [-0.4, -0.2) is 62.4 Å². The van der Waals surface area contributed by atoms with E-state index in [1.54, 1.807) is 19.9 Å². The fourth-order valence-corrected chi connectivity index (χ4v) is 3.89. The van der Waals surface area contributed by atoms with Crippen LogP contribution in [0.4, 0.5) is 34.1 Å². The highest BCUT2D eigenvalue weighted by molar-refractivity contribution is 5.67. The molecule has 4 rings (SSSR count). The molecule has 0 saturated heterocycles. The summed E-state index contributed by atoms with van der Waals surface area (Å²) in [4.78, 5) is 20.2. The van der Waals surface area contributed by atoms with Crippen molar-refractivity contribution in [3.63, 3.8) is 0 Å². The molecule has 0 radical (unpaired) electrons. The number of nitrogens with zero attached hydrogens (tertiary/aromatic N) is 4. The fraction of sp³-hybridized carbons (Fsp3) is 0.524. The molecule has 0 unspecified atom stereocenters. The molecule has 0 aliphatic heterocycles. The van der Waals surface area contributed by atoms with Gasteiger partial charge in [0.1, 0.15) is 17.9 Å². The van der Waals surface area contributed by atoms with Crippen molar-refractivity contribution in [2.24, 2.45) is 0 Å². The molecule has 36 heavy (non-hydrogen) atoms. The largest absolute Gasteiger partial charge is 0.522 e. The van der Waals surface area contributed by atoms with E-state index in [1.807, 2.05) is 0 Å². The number of carbonyl (C=O) groups excluding carboxylic acids is 1. The summed E-state index contributed by atoms with van der Waals surface area (Å²) >= 11 is 0. The van der Waals surface area contributed by atoms with E-state index in [0.717, 1.165) is 0 Å². The van der Waals surface area contributed by atoms with Gasteiger partial charge in [0.25, 0.3) is 0 Å². The highest BCUT2D eigenvalue weighted by Gasteiger charge is 2.39. The first kappa shape index (κ1) is 25.5. The SMILES string of the molecule is COc1cc2nc(COC(F)(F)F)cn2c(Nc2cc([C@H]3C[C@@H](F)[C@@H](OC(=O)NC(C)C)C3)[nH]n2)n1. The van der Waals surface area contributed by atoms with Gasteiger partial charge in [0.2, 0.25) is 11.8 Å². The molecule has 1 amide bonds. The maximum absolute atomic E-state index is 14.5. The maximum Gasteiger partial charge on any atom is 0.522 e. The highest BCUT2D eigenvalue weighted by Crippen LogP contribution is 2.38. The lowest BCUT2D eigenvalue weighted by atomic mass is 10.0. The molecule has 0 aromatic carbocycles. The summed E-state index contributed by atoms with van der Waals surface area (Å²) in [6.07, 6.45) is -5.89. The first-order valence-electron chi connectivity index (χ1n) is 11.1. The minimum atomic E-state index is -4.79. The summed E-state index contributed by atoms with van der Waals surface area (Å²) in [5, 5.41) is 12.6. The first-order chi connectivity index (χ1) is 17.0. The van der Waals surface area contributed by atoms with Crippen LogP contribution in [0.3, 0.4) is 0 Å². The Labute approximate surface area is 202 Å². The lowest BCUT2D eigenvalue weighted by molar-refractivity contribution is -0.330. The van der Waals surface area contributed by atoms with Gasteiger partial charge < -0.3 is 20.1 Å². The molecule has 3 atom stereocenters. The fourth-order valence-electron chi connectivity index (χ4n) is 3.89. The Morgan fingerprint density at radius 3 is 2.75 bits per heavy atom. The number of alkyl halides is 4. The molecule has 3 heterocycles. The standard InChI is InChI=1S/C21H25F4N7O4/c1-10(2)26-20(33)36-15-5-11(4-13(15)22)14-6-16(31-30-14)28-19-29-18(34-3)7-17-27-12(8-32(17)19)9-35-21(23,24)25/h6-8,10-11,13,15H,4-5,9H2,1-3H3,(H,26,33)(H2,28,29,30,31)/t11-,13+,15-/m0/s1. The number of aromatic nitrogens is 5. The van der Waals surface area contributed by atoms with Crippen LogP contribution in [0.1, 0.15) is 44.0 Å². The number of hydrogen-bond acceptors (Lipinski definition) is 8.